The Morgan fingerprint density at radius 3 is 1.52 bits per heavy atom. The van der Waals surface area contributed by atoms with E-state index in [2.05, 4.69) is 0 Å². The highest BCUT2D eigenvalue weighted by Crippen LogP contribution is 2.69. The maximum Gasteiger partial charge on any atom is 0.311 e. The van der Waals surface area contributed by atoms with E-state index in [1.807, 2.05) is 27.7 Å². The molecule has 0 aromatic carbocycles. The molecule has 274 valence electrons. The number of carbonyl (C=O) groups is 4. The third kappa shape index (κ3) is 6.08. The Hall–Kier alpha value is -2.24. The van der Waals surface area contributed by atoms with Crippen molar-refractivity contribution in [3.63, 3.8) is 0 Å². The molecular weight excluding hydrogens is 725 g/mol. The van der Waals surface area contributed by atoms with E-state index in [1.54, 1.807) is 35.8 Å². The number of ether oxygens (including phenoxy) is 4. The van der Waals surface area contributed by atoms with Gasteiger partial charge in [0.2, 0.25) is 0 Å². The Labute approximate surface area is 307 Å². The summed E-state index contributed by atoms with van der Waals surface area (Å²) in [6.45, 7) is 10.8. The first-order chi connectivity index (χ1) is 23.8. The molecule has 0 aromatic heterocycles. The number of aliphatic hydroxyl groups is 2. The lowest BCUT2D eigenvalue weighted by Gasteiger charge is -2.55. The maximum atomic E-state index is 15.2. The van der Waals surface area contributed by atoms with Gasteiger partial charge in [-0.2, -0.15) is 0 Å². The Kier molecular flexibility index (Phi) is 11.0. The summed E-state index contributed by atoms with van der Waals surface area (Å²) >= 11 is 0. The molecule has 0 aromatic rings. The fourth-order valence-electron chi connectivity index (χ4n) is 7.46. The largest absolute Gasteiger partial charge is 0.473 e. The van der Waals surface area contributed by atoms with E-state index in [4.69, 9.17) is 18.9 Å². The number of rotatable bonds is 10. The van der Waals surface area contributed by atoms with Gasteiger partial charge in [-0.25, -0.2) is 0 Å². The average Bonchev–Trinajstić information content (AvgIpc) is 3.46. The SMILES string of the molecule is CCC(C)C(O)C(C)C(=O)O[C@H]1C=COC=C2C[C@@]34SSSS[C@]5(CC6=COC=C[C@H](OC(=O)C(C)C(O)C(C)CC)[C@H]6N5C3=O)C(=O)N4[C@@H]21. The Balaban J connectivity index is 1.35. The molecule has 7 aliphatic heterocycles. The second kappa shape index (κ2) is 14.6. The highest BCUT2D eigenvalue weighted by atomic mass is 33.7. The van der Waals surface area contributed by atoms with Gasteiger partial charge in [0.25, 0.3) is 11.8 Å². The van der Waals surface area contributed by atoms with Crippen LogP contribution in [0, 0.1) is 23.7 Å². The van der Waals surface area contributed by atoms with Gasteiger partial charge in [0.15, 0.2) is 9.74 Å². The molecule has 7 rings (SSSR count). The molecule has 7 heterocycles. The van der Waals surface area contributed by atoms with Crippen LogP contribution in [0.5, 0.6) is 0 Å². The molecule has 50 heavy (non-hydrogen) atoms. The summed E-state index contributed by atoms with van der Waals surface area (Å²) in [6, 6.07) is -1.69. The van der Waals surface area contributed by atoms with Gasteiger partial charge < -0.3 is 39.0 Å². The minimum absolute atomic E-state index is 0.110. The predicted octanol–water partition coefficient (Wildman–Crippen LogP) is 5.05. The van der Waals surface area contributed by atoms with Crippen LogP contribution in [-0.4, -0.2) is 90.0 Å². The molecule has 0 aliphatic carbocycles. The third-order valence-electron chi connectivity index (χ3n) is 10.9. The van der Waals surface area contributed by atoms with Crippen molar-refractivity contribution >= 4 is 65.0 Å². The standard InChI is InChI=1S/C34H44N2O10S4/c1-7-17(3)27(37)19(5)29(39)45-23-9-11-43-15-21-13-33-32(42)36-26-22(14-34(36,48-50-49-47-33)31(41)35(33)25(21)23)16-44-12-10-24(26)46-30(40)20(6)28(38)18(4)8-2/h9-12,15-20,23-28,37-38H,7-8,13-14H2,1-6H3/t17?,18?,19?,20?,23-,24-,25-,26-,27?,28?,33+,34+/m0/s1. The molecular formula is C34H44N2O10S4. The normalized spacial score (nSPS) is 34.7. The number of piperazine rings is 1. The molecule has 0 radical (unpaired) electrons. The highest BCUT2D eigenvalue weighted by molar-refractivity contribution is 9.26. The quantitative estimate of drug-likeness (QED) is 0.225. The van der Waals surface area contributed by atoms with Gasteiger partial charge in [0.1, 0.15) is 12.2 Å². The lowest BCUT2D eigenvalue weighted by atomic mass is 9.91. The number of amides is 2. The number of hydrogen-bond donors (Lipinski definition) is 2. The van der Waals surface area contributed by atoms with Gasteiger partial charge in [0.05, 0.1) is 61.2 Å². The van der Waals surface area contributed by atoms with Crippen molar-refractivity contribution in [1.29, 1.82) is 0 Å². The van der Waals surface area contributed by atoms with Crippen molar-refractivity contribution in [1.82, 2.24) is 9.80 Å². The minimum atomic E-state index is -1.43. The molecule has 2 N–H and O–H groups in total. The number of esters is 2. The van der Waals surface area contributed by atoms with Crippen LogP contribution in [0.25, 0.3) is 0 Å². The molecule has 5 fully saturated rings. The first-order valence-electron chi connectivity index (χ1n) is 17.0. The number of aliphatic hydroxyl groups excluding tert-OH is 2. The average molecular weight is 769 g/mol. The highest BCUT2D eigenvalue weighted by Gasteiger charge is 2.75. The summed E-state index contributed by atoms with van der Waals surface area (Å²) < 4.78 is 23.4. The van der Waals surface area contributed by atoms with Crippen molar-refractivity contribution in [2.45, 2.75) is 113 Å². The molecule has 5 saturated heterocycles. The summed E-state index contributed by atoms with van der Waals surface area (Å²) in [5.41, 5.74) is 1.23. The van der Waals surface area contributed by atoms with E-state index in [0.29, 0.717) is 24.0 Å². The van der Waals surface area contributed by atoms with Gasteiger partial charge in [-0.1, -0.05) is 40.5 Å². The van der Waals surface area contributed by atoms with Crippen molar-refractivity contribution in [3.8, 4) is 0 Å². The fraction of sp³-hybridized carbons (Fsp3) is 0.647. The summed E-state index contributed by atoms with van der Waals surface area (Å²) in [5, 5.41) is 21.6. The Morgan fingerprint density at radius 1 is 0.780 bits per heavy atom. The summed E-state index contributed by atoms with van der Waals surface area (Å²) in [6.07, 6.45) is 6.72. The molecule has 12 atom stereocenters. The van der Waals surface area contributed by atoms with Gasteiger partial charge >= 0.3 is 11.9 Å². The third-order valence-corrected chi connectivity index (χ3v) is 18.2. The predicted molar refractivity (Wildman–Crippen MR) is 192 cm³/mol. The van der Waals surface area contributed by atoms with E-state index in [0.717, 1.165) is 0 Å². The van der Waals surface area contributed by atoms with Crippen LogP contribution in [0.2, 0.25) is 0 Å². The summed E-state index contributed by atoms with van der Waals surface area (Å²) in [4.78, 5) is 57.6. The van der Waals surface area contributed by atoms with Crippen LogP contribution in [0.15, 0.2) is 48.3 Å². The second-order valence-electron chi connectivity index (χ2n) is 13.9. The number of fused-ring (bicyclic) bond motifs is 5. The van der Waals surface area contributed by atoms with Crippen LogP contribution >= 0.6 is 41.2 Å². The second-order valence-corrected chi connectivity index (χ2v) is 20.1. The lowest BCUT2D eigenvalue weighted by Crippen LogP contribution is -2.74. The van der Waals surface area contributed by atoms with E-state index >= 15 is 9.59 Å². The molecule has 6 unspecified atom stereocenters. The molecule has 12 nitrogen and oxygen atoms in total. The van der Waals surface area contributed by atoms with Crippen LogP contribution in [0.3, 0.4) is 0 Å². The van der Waals surface area contributed by atoms with Crippen molar-refractivity contribution in [2.24, 2.45) is 23.7 Å². The van der Waals surface area contributed by atoms with Crippen molar-refractivity contribution in [2.75, 3.05) is 0 Å². The molecule has 0 saturated carbocycles. The minimum Gasteiger partial charge on any atom is -0.473 e. The first-order valence-corrected chi connectivity index (χ1v) is 21.8. The Morgan fingerprint density at radius 2 is 1.16 bits per heavy atom. The van der Waals surface area contributed by atoms with Crippen LogP contribution < -0.4 is 0 Å². The van der Waals surface area contributed by atoms with Crippen LogP contribution in [0.1, 0.15) is 67.2 Å². The first kappa shape index (κ1) is 37.5. The van der Waals surface area contributed by atoms with E-state index in [9.17, 15) is 19.8 Å². The lowest BCUT2D eigenvalue weighted by molar-refractivity contribution is -0.174. The molecule has 16 heteroatoms. The van der Waals surface area contributed by atoms with Crippen molar-refractivity contribution in [3.05, 3.63) is 48.3 Å². The zero-order valence-electron chi connectivity index (χ0n) is 28.8. The van der Waals surface area contributed by atoms with Gasteiger partial charge in [0, 0.05) is 12.8 Å². The van der Waals surface area contributed by atoms with Crippen LogP contribution in [-0.2, 0) is 38.1 Å². The van der Waals surface area contributed by atoms with Crippen molar-refractivity contribution < 1.29 is 48.3 Å². The number of carbonyl (C=O) groups excluding carboxylic acids is 4. The smallest absolute Gasteiger partial charge is 0.311 e. The van der Waals surface area contributed by atoms with Gasteiger partial charge in [-0.3, -0.25) is 19.2 Å². The van der Waals surface area contributed by atoms with Gasteiger partial charge in [-0.15, -0.1) is 0 Å². The van der Waals surface area contributed by atoms with E-state index in [1.165, 1.54) is 66.3 Å². The maximum absolute atomic E-state index is 15.2. The molecule has 2 bridgehead atoms. The van der Waals surface area contributed by atoms with E-state index in [-0.39, 0.29) is 36.5 Å². The fourth-order valence-corrected chi connectivity index (χ4v) is 15.2. The topological polar surface area (TPSA) is 152 Å². The summed E-state index contributed by atoms with van der Waals surface area (Å²) in [7, 11) is 5.32. The summed E-state index contributed by atoms with van der Waals surface area (Å²) in [5.74, 6) is -3.84. The monoisotopic (exact) mass is 768 g/mol. The van der Waals surface area contributed by atoms with Crippen LogP contribution in [0.4, 0.5) is 0 Å². The number of hydrogen-bond acceptors (Lipinski definition) is 14. The Bertz CT molecular complexity index is 1410. The molecule has 2 spiro atoms. The molecule has 2 amide bonds. The zero-order chi connectivity index (χ0) is 36.1. The number of nitrogens with zero attached hydrogens (tertiary/aromatic N) is 2. The van der Waals surface area contributed by atoms with E-state index < -0.39 is 70.0 Å². The molecule has 7 aliphatic rings. The zero-order valence-corrected chi connectivity index (χ0v) is 32.0. The van der Waals surface area contributed by atoms with Gasteiger partial charge in [-0.05, 0) is 90.2 Å².